The highest BCUT2D eigenvalue weighted by Crippen LogP contribution is 2.23. The Morgan fingerprint density at radius 2 is 1.68 bits per heavy atom. The number of carbonyl (C=O) groups is 1. The standard InChI is InChI=1S/C14H20BrNO3/c1-9(15)14(2,3)16-13(17)10-6-11(18-4)8-12(7-10)19-5/h6-9H,1-5H3,(H,16,17). The van der Waals surface area contributed by atoms with Crippen LogP contribution in [0.15, 0.2) is 18.2 Å². The Morgan fingerprint density at radius 1 is 1.21 bits per heavy atom. The minimum atomic E-state index is -0.354. The number of amides is 1. The minimum absolute atomic E-state index is 0.149. The quantitative estimate of drug-likeness (QED) is 0.845. The van der Waals surface area contributed by atoms with Crippen LogP contribution in [0.1, 0.15) is 31.1 Å². The van der Waals surface area contributed by atoms with Crippen molar-refractivity contribution in [2.45, 2.75) is 31.1 Å². The summed E-state index contributed by atoms with van der Waals surface area (Å²) >= 11 is 3.49. The number of nitrogens with one attached hydrogen (secondary N) is 1. The zero-order chi connectivity index (χ0) is 14.6. The van der Waals surface area contributed by atoms with Gasteiger partial charge in [0.2, 0.25) is 0 Å². The van der Waals surface area contributed by atoms with E-state index < -0.39 is 0 Å². The van der Waals surface area contributed by atoms with E-state index in [0.717, 1.165) is 0 Å². The molecule has 1 amide bonds. The molecule has 0 bridgehead atoms. The van der Waals surface area contributed by atoms with Gasteiger partial charge in [0.1, 0.15) is 11.5 Å². The molecule has 0 aromatic heterocycles. The summed E-state index contributed by atoms with van der Waals surface area (Å²) in [5.74, 6) is 1.02. The number of hydrogen-bond acceptors (Lipinski definition) is 3. The summed E-state index contributed by atoms with van der Waals surface area (Å²) in [5.41, 5.74) is 0.158. The van der Waals surface area contributed by atoms with Gasteiger partial charge in [-0.1, -0.05) is 22.9 Å². The molecule has 1 rings (SSSR count). The number of benzene rings is 1. The summed E-state index contributed by atoms with van der Waals surface area (Å²) in [6.45, 7) is 5.91. The van der Waals surface area contributed by atoms with Gasteiger partial charge in [0.15, 0.2) is 0 Å². The Kier molecular flexibility index (Phi) is 5.23. The van der Waals surface area contributed by atoms with E-state index in [1.165, 1.54) is 0 Å². The fraction of sp³-hybridized carbons (Fsp3) is 0.500. The first-order chi connectivity index (χ1) is 8.80. The second-order valence-corrected chi connectivity index (χ2v) is 6.27. The topological polar surface area (TPSA) is 47.6 Å². The summed E-state index contributed by atoms with van der Waals surface area (Å²) in [7, 11) is 3.11. The largest absolute Gasteiger partial charge is 0.497 e. The third-order valence-electron chi connectivity index (χ3n) is 3.04. The molecule has 1 aromatic carbocycles. The SMILES string of the molecule is COc1cc(OC)cc(C(=O)NC(C)(C)C(C)Br)c1. The van der Waals surface area contributed by atoms with Crippen molar-refractivity contribution in [3.8, 4) is 11.5 Å². The molecule has 1 aromatic rings. The summed E-state index contributed by atoms with van der Waals surface area (Å²) in [5, 5.41) is 2.98. The Morgan fingerprint density at radius 3 is 2.05 bits per heavy atom. The molecule has 19 heavy (non-hydrogen) atoms. The van der Waals surface area contributed by atoms with Gasteiger partial charge in [0, 0.05) is 22.0 Å². The van der Waals surface area contributed by atoms with Gasteiger partial charge in [0.05, 0.1) is 14.2 Å². The van der Waals surface area contributed by atoms with Gasteiger partial charge >= 0.3 is 0 Å². The molecule has 0 heterocycles. The van der Waals surface area contributed by atoms with Crippen molar-refractivity contribution >= 4 is 21.8 Å². The molecule has 106 valence electrons. The molecule has 0 aliphatic heterocycles. The molecule has 0 saturated heterocycles. The Hall–Kier alpha value is -1.23. The van der Waals surface area contributed by atoms with Gasteiger partial charge < -0.3 is 14.8 Å². The summed E-state index contributed by atoms with van der Waals surface area (Å²) in [4.78, 5) is 12.4. The van der Waals surface area contributed by atoms with E-state index in [1.807, 2.05) is 20.8 Å². The van der Waals surface area contributed by atoms with Gasteiger partial charge in [-0.3, -0.25) is 4.79 Å². The molecular weight excluding hydrogens is 310 g/mol. The lowest BCUT2D eigenvalue weighted by Gasteiger charge is -2.29. The van der Waals surface area contributed by atoms with Gasteiger partial charge in [-0.15, -0.1) is 0 Å². The lowest BCUT2D eigenvalue weighted by molar-refractivity contribution is 0.0913. The highest BCUT2D eigenvalue weighted by atomic mass is 79.9. The number of methoxy groups -OCH3 is 2. The second-order valence-electron chi connectivity index (χ2n) is 4.89. The van der Waals surface area contributed by atoms with Gasteiger partial charge in [-0.2, -0.15) is 0 Å². The first kappa shape index (κ1) is 15.8. The van der Waals surface area contributed by atoms with Crippen LogP contribution in [0.5, 0.6) is 11.5 Å². The van der Waals surface area contributed by atoms with Gasteiger partial charge in [-0.25, -0.2) is 0 Å². The van der Waals surface area contributed by atoms with Crippen molar-refractivity contribution in [3.63, 3.8) is 0 Å². The molecule has 5 heteroatoms. The molecule has 1 atom stereocenters. The van der Waals surface area contributed by atoms with Crippen LogP contribution in [0.4, 0.5) is 0 Å². The minimum Gasteiger partial charge on any atom is -0.497 e. The Bertz CT molecular complexity index is 436. The zero-order valence-electron chi connectivity index (χ0n) is 11.9. The van der Waals surface area contributed by atoms with Crippen LogP contribution >= 0.6 is 15.9 Å². The molecule has 0 fully saturated rings. The van der Waals surface area contributed by atoms with E-state index >= 15 is 0 Å². The molecule has 1 N–H and O–H groups in total. The maximum Gasteiger partial charge on any atom is 0.252 e. The van der Waals surface area contributed by atoms with E-state index in [4.69, 9.17) is 9.47 Å². The van der Waals surface area contributed by atoms with Crippen LogP contribution in [-0.4, -0.2) is 30.5 Å². The number of ether oxygens (including phenoxy) is 2. The summed E-state index contributed by atoms with van der Waals surface area (Å²) < 4.78 is 10.3. The highest BCUT2D eigenvalue weighted by Gasteiger charge is 2.26. The smallest absolute Gasteiger partial charge is 0.252 e. The molecule has 0 spiro atoms. The molecule has 1 unspecified atom stereocenters. The van der Waals surface area contributed by atoms with Crippen LogP contribution in [0.25, 0.3) is 0 Å². The third-order valence-corrected chi connectivity index (χ3v) is 4.19. The Balaban J connectivity index is 2.99. The number of halogens is 1. The van der Waals surface area contributed by atoms with Gasteiger partial charge in [0.25, 0.3) is 5.91 Å². The highest BCUT2D eigenvalue weighted by molar-refractivity contribution is 9.09. The van der Waals surface area contributed by atoms with Crippen molar-refractivity contribution in [1.82, 2.24) is 5.32 Å². The molecule has 4 nitrogen and oxygen atoms in total. The average Bonchev–Trinajstić information content (AvgIpc) is 2.37. The van der Waals surface area contributed by atoms with Crippen molar-refractivity contribution in [3.05, 3.63) is 23.8 Å². The van der Waals surface area contributed by atoms with E-state index in [0.29, 0.717) is 17.1 Å². The number of alkyl halides is 1. The van der Waals surface area contributed by atoms with E-state index in [9.17, 15) is 4.79 Å². The lowest BCUT2D eigenvalue weighted by atomic mass is 10.0. The Labute approximate surface area is 122 Å². The predicted molar refractivity (Wildman–Crippen MR) is 79.5 cm³/mol. The summed E-state index contributed by atoms with van der Waals surface area (Å²) in [6, 6.07) is 5.11. The fourth-order valence-corrected chi connectivity index (χ4v) is 1.52. The van der Waals surface area contributed by atoms with E-state index in [1.54, 1.807) is 32.4 Å². The summed E-state index contributed by atoms with van der Waals surface area (Å²) in [6.07, 6.45) is 0. The van der Waals surface area contributed by atoms with Crippen LogP contribution in [0.2, 0.25) is 0 Å². The van der Waals surface area contributed by atoms with E-state index in [2.05, 4.69) is 21.2 Å². The van der Waals surface area contributed by atoms with Crippen LogP contribution < -0.4 is 14.8 Å². The molecule has 0 aliphatic rings. The molecule has 0 radical (unpaired) electrons. The van der Waals surface area contributed by atoms with Crippen molar-refractivity contribution < 1.29 is 14.3 Å². The van der Waals surface area contributed by atoms with Gasteiger partial charge in [-0.05, 0) is 26.0 Å². The van der Waals surface area contributed by atoms with Crippen LogP contribution in [0.3, 0.4) is 0 Å². The average molecular weight is 330 g/mol. The van der Waals surface area contributed by atoms with E-state index in [-0.39, 0.29) is 16.3 Å². The first-order valence-corrected chi connectivity index (χ1v) is 6.91. The van der Waals surface area contributed by atoms with Crippen molar-refractivity contribution in [2.24, 2.45) is 0 Å². The molecular formula is C14H20BrNO3. The second kappa shape index (κ2) is 6.28. The van der Waals surface area contributed by atoms with Crippen LogP contribution in [-0.2, 0) is 0 Å². The fourth-order valence-electron chi connectivity index (χ4n) is 1.40. The number of hydrogen-bond donors (Lipinski definition) is 1. The monoisotopic (exact) mass is 329 g/mol. The number of carbonyl (C=O) groups excluding carboxylic acids is 1. The first-order valence-electron chi connectivity index (χ1n) is 6.00. The number of rotatable bonds is 5. The zero-order valence-corrected chi connectivity index (χ0v) is 13.5. The van der Waals surface area contributed by atoms with Crippen molar-refractivity contribution in [2.75, 3.05) is 14.2 Å². The molecule has 0 aliphatic carbocycles. The normalized spacial score (nSPS) is 12.7. The maximum atomic E-state index is 12.3. The van der Waals surface area contributed by atoms with Crippen LogP contribution in [0, 0.1) is 0 Å². The maximum absolute atomic E-state index is 12.3. The van der Waals surface area contributed by atoms with Crippen molar-refractivity contribution in [1.29, 1.82) is 0 Å². The molecule has 0 saturated carbocycles. The predicted octanol–water partition coefficient (Wildman–Crippen LogP) is 3.00. The third kappa shape index (κ3) is 4.13. The lowest BCUT2D eigenvalue weighted by Crippen LogP contribution is -2.48.